The molecule has 0 N–H and O–H groups in total. The number of hydrogen-bond donors (Lipinski definition) is 0. The summed E-state index contributed by atoms with van der Waals surface area (Å²) in [6.45, 7) is 0.0363. The van der Waals surface area contributed by atoms with Crippen LogP contribution in [0, 0.1) is 11.3 Å². The van der Waals surface area contributed by atoms with Crippen molar-refractivity contribution in [1.82, 2.24) is 4.98 Å². The fourth-order valence-corrected chi connectivity index (χ4v) is 0.788. The molecule has 3 nitrogen and oxygen atoms in total. The molecule has 1 rings (SSSR count). The first-order valence-corrected chi connectivity index (χ1v) is 3.73. The number of rotatable bonds is 2. The van der Waals surface area contributed by atoms with Crippen molar-refractivity contribution in [3.8, 4) is 11.9 Å². The Kier molecular flexibility index (Phi) is 2.87. The van der Waals surface area contributed by atoms with Crippen LogP contribution in [-0.4, -0.2) is 11.6 Å². The van der Waals surface area contributed by atoms with E-state index in [1.54, 1.807) is 18.3 Å². The van der Waals surface area contributed by atoms with Gasteiger partial charge in [-0.3, -0.25) is 0 Å². The molecule has 0 aromatic carbocycles. The van der Waals surface area contributed by atoms with Crippen molar-refractivity contribution in [2.75, 3.05) is 6.61 Å². The minimum Gasteiger partial charge on any atom is -0.462 e. The number of halogens is 1. The van der Waals surface area contributed by atoms with Crippen molar-refractivity contribution in [3.05, 3.63) is 22.8 Å². The SMILES string of the molecule is N#CCOc1ccc(Br)cn1. The molecule has 11 heavy (non-hydrogen) atoms. The molecule has 0 aliphatic heterocycles. The molecule has 4 heteroatoms. The van der Waals surface area contributed by atoms with Gasteiger partial charge in [0.1, 0.15) is 6.07 Å². The zero-order valence-corrected chi connectivity index (χ0v) is 7.21. The molecule has 0 amide bonds. The van der Waals surface area contributed by atoms with E-state index in [1.807, 2.05) is 6.07 Å². The molecule has 0 saturated carbocycles. The summed E-state index contributed by atoms with van der Waals surface area (Å²) in [4.78, 5) is 3.90. The average Bonchev–Trinajstić information content (AvgIpc) is 2.04. The first-order valence-electron chi connectivity index (χ1n) is 2.94. The summed E-state index contributed by atoms with van der Waals surface area (Å²) in [5, 5.41) is 8.17. The van der Waals surface area contributed by atoms with E-state index in [0.717, 1.165) is 4.47 Å². The third-order valence-corrected chi connectivity index (χ3v) is 1.45. The summed E-state index contributed by atoms with van der Waals surface area (Å²) < 4.78 is 5.81. The molecule has 1 aromatic rings. The minimum absolute atomic E-state index is 0.0363. The van der Waals surface area contributed by atoms with Crippen LogP contribution in [0.3, 0.4) is 0 Å². The summed E-state index contributed by atoms with van der Waals surface area (Å²) in [7, 11) is 0. The van der Waals surface area contributed by atoms with E-state index < -0.39 is 0 Å². The maximum atomic E-state index is 8.17. The predicted octanol–water partition coefficient (Wildman–Crippen LogP) is 1.75. The number of ether oxygens (including phenoxy) is 1. The van der Waals surface area contributed by atoms with E-state index in [1.165, 1.54) is 0 Å². The van der Waals surface area contributed by atoms with Crippen LogP contribution in [0.1, 0.15) is 0 Å². The van der Waals surface area contributed by atoms with Gasteiger partial charge in [-0.05, 0) is 22.0 Å². The lowest BCUT2D eigenvalue weighted by molar-refractivity contribution is 0.353. The standard InChI is InChI=1S/C7H5BrN2O/c8-6-1-2-7(10-5-6)11-4-3-9/h1-2,5H,4H2. The van der Waals surface area contributed by atoms with E-state index in [2.05, 4.69) is 20.9 Å². The quantitative estimate of drug-likeness (QED) is 0.751. The van der Waals surface area contributed by atoms with Crippen LogP contribution in [-0.2, 0) is 0 Å². The molecular formula is C7H5BrN2O. The second-order valence-corrected chi connectivity index (χ2v) is 2.68. The topological polar surface area (TPSA) is 45.9 Å². The van der Waals surface area contributed by atoms with Crippen molar-refractivity contribution in [2.24, 2.45) is 0 Å². The highest BCUT2D eigenvalue weighted by Crippen LogP contribution is 2.11. The smallest absolute Gasteiger partial charge is 0.214 e. The lowest BCUT2D eigenvalue weighted by Gasteiger charge is -1.97. The Balaban J connectivity index is 2.60. The molecule has 0 atom stereocenters. The van der Waals surface area contributed by atoms with Crippen molar-refractivity contribution >= 4 is 15.9 Å². The molecule has 0 spiro atoms. The Morgan fingerprint density at radius 3 is 3.00 bits per heavy atom. The number of pyridine rings is 1. The van der Waals surface area contributed by atoms with E-state index in [4.69, 9.17) is 10.00 Å². The molecule has 0 saturated heterocycles. The summed E-state index contributed by atoms with van der Waals surface area (Å²) >= 11 is 3.23. The molecule has 1 heterocycles. The van der Waals surface area contributed by atoms with Crippen molar-refractivity contribution in [1.29, 1.82) is 5.26 Å². The van der Waals surface area contributed by atoms with Gasteiger partial charge in [-0.15, -0.1) is 0 Å². The lowest BCUT2D eigenvalue weighted by atomic mass is 10.5. The molecule has 0 bridgehead atoms. The molecule has 1 aromatic heterocycles. The Hall–Kier alpha value is -1.08. The van der Waals surface area contributed by atoms with Gasteiger partial charge in [0.2, 0.25) is 5.88 Å². The lowest BCUT2D eigenvalue weighted by Crippen LogP contribution is -1.94. The highest BCUT2D eigenvalue weighted by Gasteiger charge is 1.92. The zero-order chi connectivity index (χ0) is 8.10. The van der Waals surface area contributed by atoms with Crippen LogP contribution in [0.15, 0.2) is 22.8 Å². The maximum Gasteiger partial charge on any atom is 0.214 e. The van der Waals surface area contributed by atoms with Crippen LogP contribution in [0.4, 0.5) is 0 Å². The van der Waals surface area contributed by atoms with Gasteiger partial charge in [-0.25, -0.2) is 4.98 Å². The minimum atomic E-state index is 0.0363. The maximum absolute atomic E-state index is 8.17. The van der Waals surface area contributed by atoms with Crippen LogP contribution in [0.5, 0.6) is 5.88 Å². The highest BCUT2D eigenvalue weighted by molar-refractivity contribution is 9.10. The van der Waals surface area contributed by atoms with Gasteiger partial charge in [0.25, 0.3) is 0 Å². The van der Waals surface area contributed by atoms with Crippen molar-refractivity contribution < 1.29 is 4.74 Å². The third kappa shape index (κ3) is 2.56. The summed E-state index contributed by atoms with van der Waals surface area (Å²) in [5.74, 6) is 0.467. The van der Waals surface area contributed by atoms with Gasteiger partial charge in [-0.2, -0.15) is 5.26 Å². The van der Waals surface area contributed by atoms with Gasteiger partial charge in [-0.1, -0.05) is 0 Å². The average molecular weight is 213 g/mol. The zero-order valence-electron chi connectivity index (χ0n) is 5.62. The van der Waals surface area contributed by atoms with E-state index in [0.29, 0.717) is 5.88 Å². The predicted molar refractivity (Wildman–Crippen MR) is 43.0 cm³/mol. The first kappa shape index (κ1) is 8.02. The van der Waals surface area contributed by atoms with Crippen LogP contribution >= 0.6 is 15.9 Å². The molecule has 0 unspecified atom stereocenters. The van der Waals surface area contributed by atoms with Gasteiger partial charge >= 0.3 is 0 Å². The van der Waals surface area contributed by atoms with Gasteiger partial charge < -0.3 is 4.74 Å². The third-order valence-electron chi connectivity index (χ3n) is 0.985. The second-order valence-electron chi connectivity index (χ2n) is 1.76. The van der Waals surface area contributed by atoms with Gasteiger partial charge in [0.15, 0.2) is 6.61 Å². The Labute approximate surface area is 72.8 Å². The molecule has 0 radical (unpaired) electrons. The van der Waals surface area contributed by atoms with E-state index in [-0.39, 0.29) is 6.61 Å². The van der Waals surface area contributed by atoms with Crippen molar-refractivity contribution in [2.45, 2.75) is 0 Å². The molecule has 0 aliphatic carbocycles. The number of hydrogen-bond acceptors (Lipinski definition) is 3. The van der Waals surface area contributed by atoms with Crippen LogP contribution < -0.4 is 4.74 Å². The molecule has 56 valence electrons. The summed E-state index contributed by atoms with van der Waals surface area (Å²) in [6.07, 6.45) is 1.62. The van der Waals surface area contributed by atoms with Crippen LogP contribution in [0.25, 0.3) is 0 Å². The van der Waals surface area contributed by atoms with Crippen LogP contribution in [0.2, 0.25) is 0 Å². The number of nitriles is 1. The Bertz CT molecular complexity index is 265. The van der Waals surface area contributed by atoms with E-state index in [9.17, 15) is 0 Å². The fraction of sp³-hybridized carbons (Fsp3) is 0.143. The highest BCUT2D eigenvalue weighted by atomic mass is 79.9. The first-order chi connectivity index (χ1) is 5.33. The number of nitrogens with zero attached hydrogens (tertiary/aromatic N) is 2. The fourth-order valence-electron chi connectivity index (χ4n) is 0.554. The normalized spacial score (nSPS) is 8.73. The van der Waals surface area contributed by atoms with E-state index >= 15 is 0 Å². The Morgan fingerprint density at radius 2 is 2.45 bits per heavy atom. The molecular weight excluding hydrogens is 208 g/mol. The number of aromatic nitrogens is 1. The molecule has 0 fully saturated rings. The largest absolute Gasteiger partial charge is 0.462 e. The molecule has 0 aliphatic rings. The monoisotopic (exact) mass is 212 g/mol. The van der Waals surface area contributed by atoms with Gasteiger partial charge in [0.05, 0.1) is 0 Å². The summed E-state index contributed by atoms with van der Waals surface area (Å²) in [6, 6.07) is 5.36. The second kappa shape index (κ2) is 3.94. The summed E-state index contributed by atoms with van der Waals surface area (Å²) in [5.41, 5.74) is 0. The van der Waals surface area contributed by atoms with Crippen molar-refractivity contribution in [3.63, 3.8) is 0 Å². The Morgan fingerprint density at radius 1 is 1.64 bits per heavy atom. The van der Waals surface area contributed by atoms with Gasteiger partial charge in [0, 0.05) is 16.7 Å².